The third kappa shape index (κ3) is 2.73. The van der Waals surface area contributed by atoms with E-state index in [1.54, 1.807) is 0 Å². The number of hydrogen-bond donors (Lipinski definition) is 1. The highest BCUT2D eigenvalue weighted by molar-refractivity contribution is 5.30. The highest BCUT2D eigenvalue weighted by Gasteiger charge is 2.05. The number of para-hydroxylation sites is 1. The van der Waals surface area contributed by atoms with Crippen LogP contribution in [0.15, 0.2) is 35.0 Å². The Morgan fingerprint density at radius 3 is 2.69 bits per heavy atom. The SMILES string of the molecule is Nc1nonc1CCCOc1ccccc1. The van der Waals surface area contributed by atoms with E-state index in [0.29, 0.717) is 24.5 Å². The minimum atomic E-state index is 0.361. The van der Waals surface area contributed by atoms with Gasteiger partial charge in [-0.3, -0.25) is 0 Å². The summed E-state index contributed by atoms with van der Waals surface area (Å²) >= 11 is 0. The van der Waals surface area contributed by atoms with Crippen molar-refractivity contribution in [3.05, 3.63) is 36.0 Å². The second kappa shape index (κ2) is 5.16. The summed E-state index contributed by atoms with van der Waals surface area (Å²) in [6.07, 6.45) is 1.54. The van der Waals surface area contributed by atoms with E-state index in [-0.39, 0.29) is 0 Å². The Morgan fingerprint density at radius 1 is 1.19 bits per heavy atom. The first-order chi connectivity index (χ1) is 7.86. The number of aromatic nitrogens is 2. The molecule has 84 valence electrons. The molecule has 0 aliphatic carbocycles. The molecule has 1 aromatic heterocycles. The van der Waals surface area contributed by atoms with Gasteiger partial charge in [-0.1, -0.05) is 23.4 Å². The van der Waals surface area contributed by atoms with Crippen molar-refractivity contribution >= 4 is 5.82 Å². The summed E-state index contributed by atoms with van der Waals surface area (Å²) in [5.74, 6) is 1.23. The molecule has 2 rings (SSSR count). The van der Waals surface area contributed by atoms with E-state index in [0.717, 1.165) is 12.2 Å². The number of nitrogens with zero attached hydrogens (tertiary/aromatic N) is 2. The Balaban J connectivity index is 1.72. The van der Waals surface area contributed by atoms with Crippen LogP contribution < -0.4 is 10.5 Å². The highest BCUT2D eigenvalue weighted by Crippen LogP contribution is 2.10. The molecule has 0 spiro atoms. The summed E-state index contributed by atoms with van der Waals surface area (Å²) in [4.78, 5) is 0. The van der Waals surface area contributed by atoms with Crippen LogP contribution in [-0.4, -0.2) is 16.9 Å². The molecule has 0 atom stereocenters. The van der Waals surface area contributed by atoms with E-state index >= 15 is 0 Å². The lowest BCUT2D eigenvalue weighted by molar-refractivity contribution is 0.296. The Morgan fingerprint density at radius 2 is 2.00 bits per heavy atom. The van der Waals surface area contributed by atoms with Gasteiger partial charge in [0.25, 0.3) is 0 Å². The molecule has 0 aliphatic rings. The molecule has 5 nitrogen and oxygen atoms in total. The van der Waals surface area contributed by atoms with Crippen LogP contribution in [0.3, 0.4) is 0 Å². The molecule has 5 heteroatoms. The number of nitrogen functional groups attached to an aromatic ring is 1. The van der Waals surface area contributed by atoms with E-state index in [4.69, 9.17) is 10.5 Å². The fourth-order valence-electron chi connectivity index (χ4n) is 1.33. The topological polar surface area (TPSA) is 74.2 Å². The first-order valence-corrected chi connectivity index (χ1v) is 5.11. The molecule has 16 heavy (non-hydrogen) atoms. The number of anilines is 1. The summed E-state index contributed by atoms with van der Waals surface area (Å²) in [5, 5.41) is 7.20. The third-order valence-electron chi connectivity index (χ3n) is 2.16. The van der Waals surface area contributed by atoms with Crippen molar-refractivity contribution in [3.8, 4) is 5.75 Å². The molecular weight excluding hydrogens is 206 g/mol. The second-order valence-corrected chi connectivity index (χ2v) is 3.36. The molecule has 0 unspecified atom stereocenters. The van der Waals surface area contributed by atoms with Crippen molar-refractivity contribution in [3.63, 3.8) is 0 Å². The summed E-state index contributed by atoms with van der Waals surface area (Å²) in [6.45, 7) is 0.621. The van der Waals surface area contributed by atoms with Gasteiger partial charge in [0.1, 0.15) is 11.4 Å². The van der Waals surface area contributed by atoms with Crippen molar-refractivity contribution in [2.24, 2.45) is 0 Å². The molecule has 0 saturated heterocycles. The van der Waals surface area contributed by atoms with Gasteiger partial charge in [-0.2, -0.15) is 0 Å². The third-order valence-corrected chi connectivity index (χ3v) is 2.16. The lowest BCUT2D eigenvalue weighted by Crippen LogP contribution is -2.01. The van der Waals surface area contributed by atoms with E-state index in [9.17, 15) is 0 Å². The van der Waals surface area contributed by atoms with Crippen molar-refractivity contribution < 1.29 is 9.37 Å². The molecule has 0 aliphatic heterocycles. The van der Waals surface area contributed by atoms with Crippen LogP contribution in [0.4, 0.5) is 5.82 Å². The zero-order valence-electron chi connectivity index (χ0n) is 8.80. The van der Waals surface area contributed by atoms with Crippen LogP contribution in [0.25, 0.3) is 0 Å². The number of rotatable bonds is 5. The van der Waals surface area contributed by atoms with Crippen molar-refractivity contribution in [1.82, 2.24) is 10.3 Å². The summed E-state index contributed by atoms with van der Waals surface area (Å²) < 4.78 is 10.0. The Bertz CT molecular complexity index is 428. The van der Waals surface area contributed by atoms with Crippen molar-refractivity contribution in [2.45, 2.75) is 12.8 Å². The molecule has 1 heterocycles. The van der Waals surface area contributed by atoms with Crippen molar-refractivity contribution in [2.75, 3.05) is 12.3 Å². The van der Waals surface area contributed by atoms with Gasteiger partial charge in [-0.05, 0) is 23.7 Å². The zero-order chi connectivity index (χ0) is 11.2. The fourth-order valence-corrected chi connectivity index (χ4v) is 1.33. The maximum atomic E-state index is 5.53. The van der Waals surface area contributed by atoms with Gasteiger partial charge < -0.3 is 10.5 Å². The first-order valence-electron chi connectivity index (χ1n) is 5.11. The van der Waals surface area contributed by atoms with E-state index in [1.165, 1.54) is 0 Å². The summed E-state index contributed by atoms with van der Waals surface area (Å²) in [5.41, 5.74) is 6.22. The quantitative estimate of drug-likeness (QED) is 0.774. The zero-order valence-corrected chi connectivity index (χ0v) is 8.80. The first kappa shape index (κ1) is 10.5. The number of hydrogen-bond acceptors (Lipinski definition) is 5. The summed E-state index contributed by atoms with van der Waals surface area (Å²) in [7, 11) is 0. The minimum absolute atomic E-state index is 0.361. The van der Waals surface area contributed by atoms with E-state index < -0.39 is 0 Å². The van der Waals surface area contributed by atoms with Crippen LogP contribution in [0.1, 0.15) is 12.1 Å². The van der Waals surface area contributed by atoms with Crippen molar-refractivity contribution in [1.29, 1.82) is 0 Å². The average Bonchev–Trinajstić information content (AvgIpc) is 2.72. The predicted molar refractivity (Wildman–Crippen MR) is 59.0 cm³/mol. The lowest BCUT2D eigenvalue weighted by atomic mass is 10.2. The van der Waals surface area contributed by atoms with Gasteiger partial charge in [-0.15, -0.1) is 0 Å². The van der Waals surface area contributed by atoms with Crippen LogP contribution in [0.2, 0.25) is 0 Å². The maximum Gasteiger partial charge on any atom is 0.191 e. The van der Waals surface area contributed by atoms with Crippen LogP contribution in [0, 0.1) is 0 Å². The standard InChI is InChI=1S/C11H13N3O2/c12-11-10(13-16-14-11)7-4-8-15-9-5-2-1-3-6-9/h1-3,5-6H,4,7-8H2,(H2,12,14). The molecule has 0 radical (unpaired) electrons. The van der Waals surface area contributed by atoms with Gasteiger partial charge in [0, 0.05) is 6.42 Å². The number of ether oxygens (including phenoxy) is 1. The molecule has 0 bridgehead atoms. The Labute approximate surface area is 93.2 Å². The van der Waals surface area contributed by atoms with Crippen LogP contribution in [0.5, 0.6) is 5.75 Å². The van der Waals surface area contributed by atoms with Gasteiger partial charge >= 0.3 is 0 Å². The average molecular weight is 219 g/mol. The van der Waals surface area contributed by atoms with Gasteiger partial charge in [0.2, 0.25) is 0 Å². The molecule has 2 N–H and O–H groups in total. The van der Waals surface area contributed by atoms with Gasteiger partial charge in [0.15, 0.2) is 5.82 Å². The number of aryl methyl sites for hydroxylation is 1. The molecular formula is C11H13N3O2. The van der Waals surface area contributed by atoms with Gasteiger partial charge in [0.05, 0.1) is 6.61 Å². The van der Waals surface area contributed by atoms with Crippen LogP contribution in [-0.2, 0) is 6.42 Å². The van der Waals surface area contributed by atoms with E-state index in [1.807, 2.05) is 30.3 Å². The van der Waals surface area contributed by atoms with Crippen LogP contribution >= 0.6 is 0 Å². The predicted octanol–water partition coefficient (Wildman–Crippen LogP) is 1.66. The van der Waals surface area contributed by atoms with Gasteiger partial charge in [-0.25, -0.2) is 4.63 Å². The molecule has 0 fully saturated rings. The normalized spacial score (nSPS) is 10.2. The Hall–Kier alpha value is -2.04. The summed E-state index contributed by atoms with van der Waals surface area (Å²) in [6, 6.07) is 9.68. The molecule has 2 aromatic rings. The highest BCUT2D eigenvalue weighted by atomic mass is 16.6. The maximum absolute atomic E-state index is 5.53. The number of nitrogens with two attached hydrogens (primary N) is 1. The smallest absolute Gasteiger partial charge is 0.191 e. The largest absolute Gasteiger partial charge is 0.494 e. The second-order valence-electron chi connectivity index (χ2n) is 3.36. The molecule has 0 amide bonds. The molecule has 0 saturated carbocycles. The number of benzene rings is 1. The fraction of sp³-hybridized carbons (Fsp3) is 0.273. The molecule has 1 aromatic carbocycles. The minimum Gasteiger partial charge on any atom is -0.494 e. The Kier molecular flexibility index (Phi) is 3.38. The monoisotopic (exact) mass is 219 g/mol. The lowest BCUT2D eigenvalue weighted by Gasteiger charge is -2.04. The van der Waals surface area contributed by atoms with E-state index in [2.05, 4.69) is 14.9 Å².